The van der Waals surface area contributed by atoms with Crippen LogP contribution in [0.4, 0.5) is 0 Å². The van der Waals surface area contributed by atoms with E-state index in [0.717, 1.165) is 18.3 Å². The van der Waals surface area contributed by atoms with Crippen LogP contribution >= 0.6 is 24.0 Å². The fraction of sp³-hybridized carbons (Fsp3) is 0.615. The van der Waals surface area contributed by atoms with E-state index in [2.05, 4.69) is 25.6 Å². The van der Waals surface area contributed by atoms with Gasteiger partial charge in [-0.15, -0.1) is 15.7 Å². The molecule has 0 N–H and O–H groups in total. The van der Waals surface area contributed by atoms with E-state index in [1.54, 1.807) is 10.4 Å². The standard InChI is InChI=1S/C13H17S2/c1-2-11(14)12-7-10-8-3-5-9(6-4-8)13(10)15-12/h7-9,14H,2-6H2,1H3/q-1. The van der Waals surface area contributed by atoms with Crippen LogP contribution in [0.3, 0.4) is 0 Å². The van der Waals surface area contributed by atoms with Gasteiger partial charge in [-0.3, -0.25) is 0 Å². The highest BCUT2D eigenvalue weighted by Crippen LogP contribution is 2.53. The molecule has 1 saturated carbocycles. The van der Waals surface area contributed by atoms with Gasteiger partial charge < -0.3 is 0 Å². The van der Waals surface area contributed by atoms with Crippen molar-refractivity contribution in [2.24, 2.45) is 0 Å². The first kappa shape index (κ1) is 10.1. The van der Waals surface area contributed by atoms with Gasteiger partial charge in [0, 0.05) is 0 Å². The second-order valence-corrected chi connectivity index (χ2v) is 6.40. The van der Waals surface area contributed by atoms with Crippen LogP contribution in [0.1, 0.15) is 66.2 Å². The number of fused-ring (bicyclic) bond motifs is 2. The first-order valence-corrected chi connectivity index (χ1v) is 7.24. The van der Waals surface area contributed by atoms with E-state index >= 15 is 0 Å². The third-order valence-corrected chi connectivity index (χ3v) is 6.03. The van der Waals surface area contributed by atoms with E-state index < -0.39 is 0 Å². The van der Waals surface area contributed by atoms with Crippen molar-refractivity contribution >= 4 is 24.0 Å². The summed E-state index contributed by atoms with van der Waals surface area (Å²) in [5, 5.41) is 1.27. The normalized spacial score (nSPS) is 27.9. The van der Waals surface area contributed by atoms with E-state index in [1.165, 1.54) is 35.8 Å². The molecule has 0 saturated heterocycles. The molecule has 1 fully saturated rings. The summed E-state index contributed by atoms with van der Waals surface area (Å²) in [6, 6.07) is 2.43. The van der Waals surface area contributed by atoms with Gasteiger partial charge in [-0.25, -0.2) is 12.6 Å². The van der Waals surface area contributed by atoms with E-state index in [0.29, 0.717) is 0 Å². The highest BCUT2D eigenvalue weighted by atomic mass is 32.1. The lowest BCUT2D eigenvalue weighted by Gasteiger charge is -2.37. The van der Waals surface area contributed by atoms with Gasteiger partial charge in [0.15, 0.2) is 0 Å². The lowest BCUT2D eigenvalue weighted by Crippen LogP contribution is -2.19. The zero-order valence-corrected chi connectivity index (χ0v) is 10.8. The second-order valence-electron chi connectivity index (χ2n) is 4.78. The Morgan fingerprint density at radius 3 is 2.60 bits per heavy atom. The predicted molar refractivity (Wildman–Crippen MR) is 69.9 cm³/mol. The van der Waals surface area contributed by atoms with Gasteiger partial charge in [0.05, 0.1) is 0 Å². The summed E-state index contributed by atoms with van der Waals surface area (Å²) >= 11 is 6.60. The Labute approximate surface area is 101 Å². The Hall–Kier alpha value is -0.0800. The maximum Gasteiger partial charge on any atom is -0.00805 e. The van der Waals surface area contributed by atoms with Crippen LogP contribution in [-0.4, -0.2) is 0 Å². The summed E-state index contributed by atoms with van der Waals surface area (Å²) in [5.41, 5.74) is 1.68. The average molecular weight is 237 g/mol. The van der Waals surface area contributed by atoms with Gasteiger partial charge in [-0.1, -0.05) is 13.3 Å². The van der Waals surface area contributed by atoms with Gasteiger partial charge in [0.1, 0.15) is 0 Å². The van der Waals surface area contributed by atoms with Crippen LogP contribution in [0.15, 0.2) is 6.07 Å². The molecule has 0 nitrogen and oxygen atoms in total. The minimum Gasteiger partial charge on any atom is -0.248 e. The summed E-state index contributed by atoms with van der Waals surface area (Å²) in [4.78, 5) is 3.14. The Bertz CT molecular complexity index is 329. The minimum absolute atomic E-state index is 0.882. The molecule has 82 valence electrons. The van der Waals surface area contributed by atoms with Gasteiger partial charge >= 0.3 is 0 Å². The largest absolute Gasteiger partial charge is 0.248 e. The summed E-state index contributed by atoms with van der Waals surface area (Å²) in [6.45, 7) is 2.19. The van der Waals surface area contributed by atoms with Gasteiger partial charge in [-0.05, 0) is 42.4 Å². The lowest BCUT2D eigenvalue weighted by molar-refractivity contribution is 0.365. The van der Waals surface area contributed by atoms with Crippen LogP contribution in [0.25, 0.3) is 0 Å². The van der Waals surface area contributed by atoms with Crippen LogP contribution in [0.5, 0.6) is 0 Å². The molecule has 0 radical (unpaired) electrons. The first-order valence-electron chi connectivity index (χ1n) is 5.98. The zero-order valence-electron chi connectivity index (χ0n) is 9.12. The van der Waals surface area contributed by atoms with Crippen LogP contribution in [0, 0.1) is 5.25 Å². The van der Waals surface area contributed by atoms with Crippen molar-refractivity contribution in [3.8, 4) is 0 Å². The summed E-state index contributed by atoms with van der Waals surface area (Å²) in [7, 11) is 0. The monoisotopic (exact) mass is 237 g/mol. The van der Waals surface area contributed by atoms with Crippen molar-refractivity contribution in [2.45, 2.75) is 50.9 Å². The van der Waals surface area contributed by atoms with Crippen molar-refractivity contribution < 1.29 is 0 Å². The van der Waals surface area contributed by atoms with E-state index in [9.17, 15) is 0 Å². The van der Waals surface area contributed by atoms with Crippen molar-refractivity contribution in [1.82, 2.24) is 0 Å². The first-order chi connectivity index (χ1) is 7.29. The third-order valence-electron chi connectivity index (χ3n) is 3.95. The van der Waals surface area contributed by atoms with Crippen molar-refractivity contribution in [2.75, 3.05) is 0 Å². The van der Waals surface area contributed by atoms with Crippen LogP contribution in [-0.2, 0) is 0 Å². The number of hydrogen-bond acceptors (Lipinski definition) is 2. The second kappa shape index (κ2) is 3.74. The highest BCUT2D eigenvalue weighted by Gasteiger charge is 2.32. The Balaban J connectivity index is 2.00. The van der Waals surface area contributed by atoms with Gasteiger partial charge in [0.25, 0.3) is 0 Å². The third kappa shape index (κ3) is 1.53. The molecule has 2 heteroatoms. The smallest absolute Gasteiger partial charge is 0.00805 e. The molecule has 4 rings (SSSR count). The highest BCUT2D eigenvalue weighted by molar-refractivity contribution is 7.83. The van der Waals surface area contributed by atoms with Crippen LogP contribution in [0.2, 0.25) is 0 Å². The molecule has 1 aromatic rings. The molecule has 0 amide bonds. The van der Waals surface area contributed by atoms with E-state index in [4.69, 9.17) is 0 Å². The fourth-order valence-corrected chi connectivity index (χ4v) is 4.67. The molecule has 3 aliphatic rings. The molecule has 3 aliphatic carbocycles. The topological polar surface area (TPSA) is 0 Å². The molecule has 1 heterocycles. The van der Waals surface area contributed by atoms with Gasteiger partial charge in [0.2, 0.25) is 0 Å². The van der Waals surface area contributed by atoms with Crippen molar-refractivity contribution in [3.63, 3.8) is 0 Å². The lowest BCUT2D eigenvalue weighted by atomic mass is 9.71. The molecule has 0 aliphatic heterocycles. The average Bonchev–Trinajstić information content (AvgIpc) is 2.76. The molecule has 0 unspecified atom stereocenters. The van der Waals surface area contributed by atoms with Gasteiger partial charge in [-0.2, -0.15) is 17.4 Å². The summed E-state index contributed by atoms with van der Waals surface area (Å²) < 4.78 is 0. The Morgan fingerprint density at radius 2 is 2.00 bits per heavy atom. The minimum atomic E-state index is 0.882. The van der Waals surface area contributed by atoms with Crippen molar-refractivity contribution in [1.29, 1.82) is 0 Å². The molecule has 0 spiro atoms. The molecule has 0 aromatic carbocycles. The molecule has 0 atom stereocenters. The van der Waals surface area contributed by atoms with Crippen molar-refractivity contribution in [3.05, 3.63) is 26.6 Å². The zero-order chi connectivity index (χ0) is 10.4. The molecule has 2 bridgehead atoms. The Morgan fingerprint density at radius 1 is 1.33 bits per heavy atom. The predicted octanol–water partition coefficient (Wildman–Crippen LogP) is 4.72. The SMILES string of the molecule is CC[C-](S)c1cc2c(s1)C1CCC2CC1. The number of thiol groups is 1. The number of thiophene rings is 1. The fourth-order valence-electron chi connectivity index (χ4n) is 3.04. The van der Waals surface area contributed by atoms with Crippen LogP contribution < -0.4 is 0 Å². The molecule has 1 aromatic heterocycles. The van der Waals surface area contributed by atoms with E-state index in [-0.39, 0.29) is 0 Å². The number of hydrogen-bond donors (Lipinski definition) is 1. The molecule has 15 heavy (non-hydrogen) atoms. The van der Waals surface area contributed by atoms with E-state index in [1.807, 2.05) is 11.3 Å². The summed E-state index contributed by atoms with van der Waals surface area (Å²) in [5.74, 6) is 1.77. The molecular weight excluding hydrogens is 220 g/mol. The Kier molecular flexibility index (Phi) is 2.52. The molecular formula is C13H17S2-. The maximum absolute atomic E-state index is 4.58. The summed E-state index contributed by atoms with van der Waals surface area (Å²) in [6.07, 6.45) is 6.80. The number of rotatable bonds is 2. The maximum atomic E-state index is 4.58. The quantitative estimate of drug-likeness (QED) is 0.558.